The fraction of sp³-hybridized carbons (Fsp3) is 1.00. The smallest absolute Gasteiger partial charge is 0.253 e. The molecule has 0 amide bonds. The van der Waals surface area contributed by atoms with Crippen LogP contribution in [0.15, 0.2) is 0 Å². The Hall–Kier alpha value is -0.220. The van der Waals surface area contributed by atoms with Gasteiger partial charge in [0, 0.05) is 12.8 Å². The van der Waals surface area contributed by atoms with Crippen molar-refractivity contribution in [3.05, 3.63) is 0 Å². The van der Waals surface area contributed by atoms with Crippen LogP contribution in [0.1, 0.15) is 25.7 Å². The van der Waals surface area contributed by atoms with Crippen molar-refractivity contribution in [1.29, 1.82) is 0 Å². The van der Waals surface area contributed by atoms with Gasteiger partial charge in [0.15, 0.2) is 0 Å². The summed E-state index contributed by atoms with van der Waals surface area (Å²) in [6.45, 7) is 1.82. The third kappa shape index (κ3) is 1.99. The molecule has 2 rings (SSSR count). The van der Waals surface area contributed by atoms with Gasteiger partial charge in [0.25, 0.3) is 5.92 Å². The van der Waals surface area contributed by atoms with Gasteiger partial charge in [-0.25, -0.2) is 8.78 Å². The van der Waals surface area contributed by atoms with Gasteiger partial charge in [-0.3, -0.25) is 0 Å². The molecule has 0 unspecified atom stereocenters. The molecule has 0 aromatic carbocycles. The molecule has 0 radical (unpaired) electrons. The molecule has 2 saturated heterocycles. The molecule has 0 atom stereocenters. The summed E-state index contributed by atoms with van der Waals surface area (Å²) in [5, 5.41) is 3.16. The first kappa shape index (κ1) is 9.34. The van der Waals surface area contributed by atoms with Crippen molar-refractivity contribution in [3.8, 4) is 0 Å². The molecule has 2 heterocycles. The summed E-state index contributed by atoms with van der Waals surface area (Å²) in [5.41, 5.74) is -0.521. The maximum absolute atomic E-state index is 13.1. The second-order valence-electron chi connectivity index (χ2n) is 4.06. The maximum atomic E-state index is 13.1. The predicted octanol–water partition coefficient (Wildman–Crippen LogP) is 1.55. The van der Waals surface area contributed by atoms with Gasteiger partial charge in [-0.15, -0.1) is 0 Å². The van der Waals surface area contributed by atoms with Crippen LogP contribution in [-0.2, 0) is 4.74 Å². The zero-order chi connectivity index (χ0) is 9.36. The highest BCUT2D eigenvalue weighted by molar-refractivity contribution is 4.93. The molecular formula is C9H15F2NO. The van der Waals surface area contributed by atoms with Crippen LogP contribution < -0.4 is 5.32 Å². The van der Waals surface area contributed by atoms with E-state index in [4.69, 9.17) is 4.74 Å². The SMILES string of the molecule is FC1(F)CCOC2(CCNCC2)C1. The summed E-state index contributed by atoms with van der Waals surface area (Å²) >= 11 is 0. The fourth-order valence-electron chi connectivity index (χ4n) is 2.23. The van der Waals surface area contributed by atoms with E-state index in [0.29, 0.717) is 0 Å². The zero-order valence-electron chi connectivity index (χ0n) is 7.61. The molecule has 0 aromatic heterocycles. The van der Waals surface area contributed by atoms with E-state index in [-0.39, 0.29) is 19.4 Å². The van der Waals surface area contributed by atoms with Crippen LogP contribution in [0.25, 0.3) is 0 Å². The van der Waals surface area contributed by atoms with Gasteiger partial charge >= 0.3 is 0 Å². The van der Waals surface area contributed by atoms with Gasteiger partial charge in [0.2, 0.25) is 0 Å². The van der Waals surface area contributed by atoms with Crippen molar-refractivity contribution in [2.45, 2.75) is 37.2 Å². The van der Waals surface area contributed by atoms with Crippen LogP contribution in [0, 0.1) is 0 Å². The normalized spacial score (nSPS) is 31.8. The Morgan fingerprint density at radius 2 is 1.77 bits per heavy atom. The quantitative estimate of drug-likeness (QED) is 0.627. The average molecular weight is 191 g/mol. The molecule has 76 valence electrons. The molecule has 0 bridgehead atoms. The van der Waals surface area contributed by atoms with Gasteiger partial charge < -0.3 is 10.1 Å². The van der Waals surface area contributed by atoms with E-state index in [1.165, 1.54) is 0 Å². The van der Waals surface area contributed by atoms with E-state index in [9.17, 15) is 8.78 Å². The largest absolute Gasteiger partial charge is 0.374 e. The predicted molar refractivity (Wildman–Crippen MR) is 45.0 cm³/mol. The minimum Gasteiger partial charge on any atom is -0.374 e. The number of ether oxygens (including phenoxy) is 1. The Morgan fingerprint density at radius 1 is 1.08 bits per heavy atom. The standard InChI is InChI=1S/C9H15F2NO/c10-9(11)3-6-13-8(7-9)1-4-12-5-2-8/h12H,1-7H2. The fourth-order valence-corrected chi connectivity index (χ4v) is 2.23. The third-order valence-electron chi connectivity index (χ3n) is 2.97. The molecule has 0 aliphatic carbocycles. The van der Waals surface area contributed by atoms with Gasteiger partial charge in [-0.2, -0.15) is 0 Å². The van der Waals surface area contributed by atoms with Crippen molar-refractivity contribution in [2.24, 2.45) is 0 Å². The minimum absolute atomic E-state index is 0.0817. The molecule has 4 heteroatoms. The van der Waals surface area contributed by atoms with E-state index >= 15 is 0 Å². The van der Waals surface area contributed by atoms with E-state index in [0.717, 1.165) is 25.9 Å². The third-order valence-corrected chi connectivity index (χ3v) is 2.97. The number of halogens is 2. The lowest BCUT2D eigenvalue weighted by molar-refractivity contribution is -0.187. The van der Waals surface area contributed by atoms with Crippen molar-refractivity contribution in [3.63, 3.8) is 0 Å². The number of alkyl halides is 2. The minimum atomic E-state index is -2.50. The van der Waals surface area contributed by atoms with Gasteiger partial charge in [0.1, 0.15) is 0 Å². The first-order chi connectivity index (χ1) is 6.12. The van der Waals surface area contributed by atoms with E-state index in [1.54, 1.807) is 0 Å². The summed E-state index contributed by atoms with van der Waals surface area (Å²) < 4.78 is 31.8. The molecule has 2 aliphatic rings. The van der Waals surface area contributed by atoms with Crippen molar-refractivity contribution in [1.82, 2.24) is 5.32 Å². The van der Waals surface area contributed by atoms with Crippen molar-refractivity contribution < 1.29 is 13.5 Å². The van der Waals surface area contributed by atoms with Gasteiger partial charge in [0.05, 0.1) is 12.2 Å². The molecule has 13 heavy (non-hydrogen) atoms. The summed E-state index contributed by atoms with van der Waals surface area (Å²) in [5.74, 6) is -2.50. The van der Waals surface area contributed by atoms with Crippen molar-refractivity contribution >= 4 is 0 Å². The van der Waals surface area contributed by atoms with Crippen LogP contribution in [0.2, 0.25) is 0 Å². The summed E-state index contributed by atoms with van der Waals surface area (Å²) in [4.78, 5) is 0. The number of hydrogen-bond acceptors (Lipinski definition) is 2. The van der Waals surface area contributed by atoms with E-state index in [2.05, 4.69) is 5.32 Å². The van der Waals surface area contributed by atoms with Crippen molar-refractivity contribution in [2.75, 3.05) is 19.7 Å². The van der Waals surface area contributed by atoms with Crippen LogP contribution >= 0.6 is 0 Å². The van der Waals surface area contributed by atoms with Gasteiger partial charge in [-0.1, -0.05) is 0 Å². The molecule has 2 fully saturated rings. The van der Waals surface area contributed by atoms with E-state index in [1.807, 2.05) is 0 Å². The van der Waals surface area contributed by atoms with Crippen LogP contribution in [0.5, 0.6) is 0 Å². The molecule has 0 saturated carbocycles. The average Bonchev–Trinajstić information content (AvgIpc) is 2.03. The topological polar surface area (TPSA) is 21.3 Å². The molecule has 0 aromatic rings. The Labute approximate surface area is 76.6 Å². The Kier molecular flexibility index (Phi) is 2.28. The first-order valence-corrected chi connectivity index (χ1v) is 4.85. The zero-order valence-corrected chi connectivity index (χ0v) is 7.61. The lowest BCUT2D eigenvalue weighted by Crippen LogP contribution is -2.51. The highest BCUT2D eigenvalue weighted by Gasteiger charge is 2.47. The van der Waals surface area contributed by atoms with Crippen LogP contribution in [-0.4, -0.2) is 31.2 Å². The molecule has 2 nitrogen and oxygen atoms in total. The Balaban J connectivity index is 2.04. The highest BCUT2D eigenvalue weighted by Crippen LogP contribution is 2.40. The second kappa shape index (κ2) is 3.17. The second-order valence-corrected chi connectivity index (χ2v) is 4.06. The van der Waals surface area contributed by atoms with Gasteiger partial charge in [-0.05, 0) is 25.9 Å². The van der Waals surface area contributed by atoms with Crippen LogP contribution in [0.3, 0.4) is 0 Å². The summed E-state index contributed by atoms with van der Waals surface area (Å²) in [6, 6.07) is 0. The first-order valence-electron chi connectivity index (χ1n) is 4.85. The lowest BCUT2D eigenvalue weighted by atomic mass is 9.83. The summed E-state index contributed by atoms with van der Waals surface area (Å²) in [7, 11) is 0. The Bertz CT molecular complexity index is 185. The molecule has 1 N–H and O–H groups in total. The summed E-state index contributed by atoms with van der Waals surface area (Å²) in [6.07, 6.45) is 1.26. The monoisotopic (exact) mass is 191 g/mol. The number of rotatable bonds is 0. The Morgan fingerprint density at radius 3 is 2.38 bits per heavy atom. The molecule has 2 aliphatic heterocycles. The lowest BCUT2D eigenvalue weighted by Gasteiger charge is -2.43. The van der Waals surface area contributed by atoms with Crippen LogP contribution in [0.4, 0.5) is 8.78 Å². The molecular weight excluding hydrogens is 176 g/mol. The van der Waals surface area contributed by atoms with E-state index < -0.39 is 11.5 Å². The number of piperidine rings is 1. The number of nitrogens with one attached hydrogen (secondary N) is 1. The highest BCUT2D eigenvalue weighted by atomic mass is 19.3. The molecule has 1 spiro atoms. The maximum Gasteiger partial charge on any atom is 0.253 e. The number of hydrogen-bond donors (Lipinski definition) is 1.